The molecule has 88 valence electrons. The van der Waals surface area contributed by atoms with Crippen LogP contribution in [0.4, 0.5) is 0 Å². The van der Waals surface area contributed by atoms with Crippen molar-refractivity contribution in [1.29, 1.82) is 0 Å². The van der Waals surface area contributed by atoms with Crippen LogP contribution in [0.15, 0.2) is 24.3 Å². The second kappa shape index (κ2) is 4.88. The van der Waals surface area contributed by atoms with Crippen LogP contribution in [0.25, 0.3) is 0 Å². The molecule has 1 aromatic rings. The van der Waals surface area contributed by atoms with Crippen molar-refractivity contribution in [3.05, 3.63) is 29.8 Å². The number of rotatable bonds is 5. The molecule has 1 fully saturated rings. The molecule has 0 saturated heterocycles. The van der Waals surface area contributed by atoms with Crippen molar-refractivity contribution in [2.75, 3.05) is 7.11 Å². The summed E-state index contributed by atoms with van der Waals surface area (Å²) < 4.78 is 5.14. The smallest absolute Gasteiger partial charge is 0.118 e. The summed E-state index contributed by atoms with van der Waals surface area (Å²) in [5.41, 5.74) is 7.54. The van der Waals surface area contributed by atoms with E-state index in [1.165, 1.54) is 18.4 Å². The van der Waals surface area contributed by atoms with E-state index < -0.39 is 0 Å². The van der Waals surface area contributed by atoms with E-state index in [-0.39, 0.29) is 0 Å². The van der Waals surface area contributed by atoms with Gasteiger partial charge in [-0.3, -0.25) is 0 Å². The minimum absolute atomic E-state index is 0.292. The first kappa shape index (κ1) is 11.5. The Morgan fingerprint density at radius 1 is 1.31 bits per heavy atom. The van der Waals surface area contributed by atoms with Crippen LogP contribution in [0.2, 0.25) is 0 Å². The Morgan fingerprint density at radius 2 is 1.94 bits per heavy atom. The summed E-state index contributed by atoms with van der Waals surface area (Å²) in [6, 6.07) is 8.52. The standard InChI is InChI=1S/C14H21NO/c1-10(12-5-6-12)14(15)9-11-3-7-13(16-2)8-4-11/h3-4,7-8,10,12,14H,5-6,9,15H2,1-2H3. The van der Waals surface area contributed by atoms with Crippen LogP contribution in [0.1, 0.15) is 25.3 Å². The minimum Gasteiger partial charge on any atom is -0.497 e. The summed E-state index contributed by atoms with van der Waals surface area (Å²) in [6.45, 7) is 2.28. The molecule has 2 unspecified atom stereocenters. The lowest BCUT2D eigenvalue weighted by Gasteiger charge is -2.19. The van der Waals surface area contributed by atoms with Gasteiger partial charge in [-0.25, -0.2) is 0 Å². The van der Waals surface area contributed by atoms with E-state index in [4.69, 9.17) is 10.5 Å². The van der Waals surface area contributed by atoms with Crippen LogP contribution < -0.4 is 10.5 Å². The SMILES string of the molecule is COc1ccc(CC(N)C(C)C2CC2)cc1. The van der Waals surface area contributed by atoms with Crippen molar-refractivity contribution < 1.29 is 4.74 Å². The molecular weight excluding hydrogens is 198 g/mol. The molecule has 0 heterocycles. The maximum absolute atomic E-state index is 6.23. The van der Waals surface area contributed by atoms with Crippen LogP contribution >= 0.6 is 0 Å². The monoisotopic (exact) mass is 219 g/mol. The summed E-state index contributed by atoms with van der Waals surface area (Å²) in [5.74, 6) is 2.45. The number of nitrogens with two attached hydrogens (primary N) is 1. The highest BCUT2D eigenvalue weighted by atomic mass is 16.5. The lowest BCUT2D eigenvalue weighted by Crippen LogP contribution is -2.31. The molecule has 2 heteroatoms. The maximum Gasteiger partial charge on any atom is 0.118 e. The molecule has 1 aliphatic rings. The first-order valence-corrected chi connectivity index (χ1v) is 6.09. The van der Waals surface area contributed by atoms with E-state index in [1.54, 1.807) is 7.11 Å². The Morgan fingerprint density at radius 3 is 2.44 bits per heavy atom. The minimum atomic E-state index is 0.292. The van der Waals surface area contributed by atoms with Gasteiger partial charge in [-0.15, -0.1) is 0 Å². The molecule has 1 aromatic carbocycles. The average Bonchev–Trinajstić information content (AvgIpc) is 3.13. The zero-order valence-electron chi connectivity index (χ0n) is 10.1. The molecule has 0 bridgehead atoms. The van der Waals surface area contributed by atoms with Gasteiger partial charge in [0.25, 0.3) is 0 Å². The van der Waals surface area contributed by atoms with E-state index in [9.17, 15) is 0 Å². The van der Waals surface area contributed by atoms with Crippen molar-refractivity contribution in [2.45, 2.75) is 32.2 Å². The second-order valence-corrected chi connectivity index (χ2v) is 4.91. The van der Waals surface area contributed by atoms with Crippen molar-refractivity contribution in [1.82, 2.24) is 0 Å². The fourth-order valence-electron chi connectivity index (χ4n) is 2.19. The third kappa shape index (κ3) is 2.76. The molecule has 2 N–H and O–H groups in total. The van der Waals surface area contributed by atoms with Crippen LogP contribution in [-0.2, 0) is 6.42 Å². The summed E-state index contributed by atoms with van der Waals surface area (Å²) in [6.07, 6.45) is 3.72. The van der Waals surface area contributed by atoms with Gasteiger partial charge in [0, 0.05) is 6.04 Å². The highest BCUT2D eigenvalue weighted by Gasteiger charge is 2.31. The molecule has 0 aliphatic heterocycles. The molecule has 2 rings (SSSR count). The Hall–Kier alpha value is -1.02. The maximum atomic E-state index is 6.23. The Balaban J connectivity index is 1.91. The van der Waals surface area contributed by atoms with Gasteiger partial charge < -0.3 is 10.5 Å². The molecule has 0 radical (unpaired) electrons. The van der Waals surface area contributed by atoms with Crippen LogP contribution in [0.3, 0.4) is 0 Å². The zero-order chi connectivity index (χ0) is 11.5. The third-order valence-corrected chi connectivity index (χ3v) is 3.67. The normalized spacial score (nSPS) is 19.2. The quantitative estimate of drug-likeness (QED) is 0.826. The molecule has 16 heavy (non-hydrogen) atoms. The summed E-state index contributed by atoms with van der Waals surface area (Å²) in [4.78, 5) is 0. The first-order chi connectivity index (χ1) is 7.70. The predicted octanol–water partition coefficient (Wildman–Crippen LogP) is 2.61. The Bertz CT molecular complexity index is 329. The van der Waals surface area contributed by atoms with Crippen LogP contribution in [0.5, 0.6) is 5.75 Å². The molecule has 1 aliphatic carbocycles. The van der Waals surface area contributed by atoms with Crippen molar-refractivity contribution in [3.8, 4) is 5.75 Å². The highest BCUT2D eigenvalue weighted by Crippen LogP contribution is 2.38. The highest BCUT2D eigenvalue weighted by molar-refractivity contribution is 5.27. The number of hydrogen-bond acceptors (Lipinski definition) is 2. The molecule has 2 atom stereocenters. The molecule has 0 spiro atoms. The number of benzene rings is 1. The number of methoxy groups -OCH3 is 1. The fourth-order valence-corrected chi connectivity index (χ4v) is 2.19. The van der Waals surface area contributed by atoms with Gasteiger partial charge in [0.1, 0.15) is 5.75 Å². The summed E-state index contributed by atoms with van der Waals surface area (Å²) in [7, 11) is 1.69. The van der Waals surface area contributed by atoms with E-state index in [2.05, 4.69) is 19.1 Å². The zero-order valence-corrected chi connectivity index (χ0v) is 10.1. The van der Waals surface area contributed by atoms with Gasteiger partial charge >= 0.3 is 0 Å². The topological polar surface area (TPSA) is 35.2 Å². The van der Waals surface area contributed by atoms with Crippen LogP contribution in [-0.4, -0.2) is 13.2 Å². The van der Waals surface area contributed by atoms with Gasteiger partial charge in [-0.1, -0.05) is 19.1 Å². The van der Waals surface area contributed by atoms with E-state index >= 15 is 0 Å². The summed E-state index contributed by atoms with van der Waals surface area (Å²) in [5, 5.41) is 0. The fraction of sp³-hybridized carbons (Fsp3) is 0.571. The molecule has 2 nitrogen and oxygen atoms in total. The van der Waals surface area contributed by atoms with Gasteiger partial charge in [0.15, 0.2) is 0 Å². The van der Waals surface area contributed by atoms with E-state index in [0.29, 0.717) is 12.0 Å². The molecule has 0 amide bonds. The Kier molecular flexibility index (Phi) is 3.49. The molecular formula is C14H21NO. The van der Waals surface area contributed by atoms with Gasteiger partial charge in [0.2, 0.25) is 0 Å². The lowest BCUT2D eigenvalue weighted by molar-refractivity contribution is 0.403. The average molecular weight is 219 g/mol. The van der Waals surface area contributed by atoms with Gasteiger partial charge in [-0.2, -0.15) is 0 Å². The van der Waals surface area contributed by atoms with Gasteiger partial charge in [0.05, 0.1) is 7.11 Å². The molecule has 0 aromatic heterocycles. The van der Waals surface area contributed by atoms with Crippen molar-refractivity contribution in [3.63, 3.8) is 0 Å². The predicted molar refractivity (Wildman–Crippen MR) is 66.6 cm³/mol. The van der Waals surface area contributed by atoms with Gasteiger partial charge in [-0.05, 0) is 48.8 Å². The number of ether oxygens (including phenoxy) is 1. The van der Waals surface area contributed by atoms with Crippen molar-refractivity contribution in [2.24, 2.45) is 17.6 Å². The van der Waals surface area contributed by atoms with Crippen molar-refractivity contribution >= 4 is 0 Å². The van der Waals surface area contributed by atoms with Crippen LogP contribution in [0, 0.1) is 11.8 Å². The third-order valence-electron chi connectivity index (χ3n) is 3.67. The molecule has 1 saturated carbocycles. The largest absolute Gasteiger partial charge is 0.497 e. The first-order valence-electron chi connectivity index (χ1n) is 6.09. The van der Waals surface area contributed by atoms with E-state index in [1.807, 2.05) is 12.1 Å². The van der Waals surface area contributed by atoms with E-state index in [0.717, 1.165) is 18.1 Å². The lowest BCUT2D eigenvalue weighted by atomic mass is 9.92. The second-order valence-electron chi connectivity index (χ2n) is 4.91. The Labute approximate surface area is 97.8 Å². The number of hydrogen-bond donors (Lipinski definition) is 1. The summed E-state index contributed by atoms with van der Waals surface area (Å²) >= 11 is 0.